The normalized spacial score (nSPS) is 11.1. The lowest BCUT2D eigenvalue weighted by Crippen LogP contribution is -2.27. The van der Waals surface area contributed by atoms with Crippen LogP contribution < -0.4 is 5.32 Å². The van der Waals surface area contributed by atoms with Gasteiger partial charge in [0.15, 0.2) is 0 Å². The summed E-state index contributed by atoms with van der Waals surface area (Å²) in [4.78, 5) is 18.3. The standard InChI is InChI=1S/C21H18F3N3O/c1-27(14-15-5-3-2-4-6-15)20(28)19-13-18(11-12-25-19)26-17-9-7-16(8-10-17)21(22,23)24/h2-13H,14H2,1H3,(H,25,26). The SMILES string of the molecule is CN(Cc1ccccc1)C(=O)c1cc(Nc2ccc(C(F)(F)F)cc2)ccn1. The Morgan fingerprint density at radius 2 is 1.68 bits per heavy atom. The maximum absolute atomic E-state index is 12.6. The molecule has 0 spiro atoms. The van der Waals surface area contributed by atoms with Gasteiger partial charge in [0.1, 0.15) is 5.69 Å². The molecule has 0 atom stereocenters. The fraction of sp³-hybridized carbons (Fsp3) is 0.143. The van der Waals surface area contributed by atoms with Crippen LogP contribution in [0.15, 0.2) is 72.9 Å². The number of carbonyl (C=O) groups excluding carboxylic acids is 1. The van der Waals surface area contributed by atoms with Gasteiger partial charge in [0.2, 0.25) is 0 Å². The summed E-state index contributed by atoms with van der Waals surface area (Å²) < 4.78 is 37.9. The first-order valence-corrected chi connectivity index (χ1v) is 8.52. The third kappa shape index (κ3) is 4.88. The van der Waals surface area contributed by atoms with Crippen LogP contribution in [-0.2, 0) is 12.7 Å². The van der Waals surface area contributed by atoms with Gasteiger partial charge in [0, 0.05) is 31.2 Å². The highest BCUT2D eigenvalue weighted by Crippen LogP contribution is 2.30. The lowest BCUT2D eigenvalue weighted by atomic mass is 10.2. The summed E-state index contributed by atoms with van der Waals surface area (Å²) in [6.07, 6.45) is -2.89. The van der Waals surface area contributed by atoms with Crippen molar-refractivity contribution < 1.29 is 18.0 Å². The van der Waals surface area contributed by atoms with Gasteiger partial charge in [0.25, 0.3) is 5.91 Å². The monoisotopic (exact) mass is 385 g/mol. The van der Waals surface area contributed by atoms with Gasteiger partial charge < -0.3 is 10.2 Å². The Hall–Kier alpha value is -3.35. The number of amides is 1. The molecule has 4 nitrogen and oxygen atoms in total. The van der Waals surface area contributed by atoms with Crippen LogP contribution in [0, 0.1) is 0 Å². The lowest BCUT2D eigenvalue weighted by Gasteiger charge is -2.17. The average Bonchev–Trinajstić information content (AvgIpc) is 2.68. The van der Waals surface area contributed by atoms with Crippen molar-refractivity contribution in [2.24, 2.45) is 0 Å². The topological polar surface area (TPSA) is 45.2 Å². The molecule has 0 bridgehead atoms. The minimum absolute atomic E-state index is 0.246. The molecule has 144 valence electrons. The van der Waals surface area contributed by atoms with Crippen LogP contribution in [0.3, 0.4) is 0 Å². The van der Waals surface area contributed by atoms with Crippen molar-refractivity contribution >= 4 is 17.3 Å². The number of carbonyl (C=O) groups is 1. The molecule has 3 rings (SSSR count). The van der Waals surface area contributed by atoms with Gasteiger partial charge in [-0.3, -0.25) is 9.78 Å². The first-order valence-electron chi connectivity index (χ1n) is 8.52. The van der Waals surface area contributed by atoms with E-state index >= 15 is 0 Å². The van der Waals surface area contributed by atoms with Gasteiger partial charge in [-0.1, -0.05) is 30.3 Å². The molecule has 0 saturated heterocycles. The molecule has 2 aromatic carbocycles. The third-order valence-corrected chi connectivity index (χ3v) is 4.09. The lowest BCUT2D eigenvalue weighted by molar-refractivity contribution is -0.137. The number of nitrogens with one attached hydrogen (secondary N) is 1. The Bertz CT molecular complexity index is 941. The Morgan fingerprint density at radius 3 is 2.32 bits per heavy atom. The molecular formula is C21H18F3N3O. The molecule has 1 heterocycles. The fourth-order valence-electron chi connectivity index (χ4n) is 2.66. The van der Waals surface area contributed by atoms with Crippen LogP contribution in [0.5, 0.6) is 0 Å². The summed E-state index contributed by atoms with van der Waals surface area (Å²) in [5, 5.41) is 2.99. The second-order valence-corrected chi connectivity index (χ2v) is 6.28. The zero-order valence-electron chi connectivity index (χ0n) is 15.1. The number of hydrogen-bond donors (Lipinski definition) is 1. The number of aromatic nitrogens is 1. The molecule has 7 heteroatoms. The molecule has 0 unspecified atom stereocenters. The molecule has 0 fully saturated rings. The predicted octanol–water partition coefficient (Wildman–Crippen LogP) is 5.12. The number of halogens is 3. The number of pyridine rings is 1. The molecule has 3 aromatic rings. The third-order valence-electron chi connectivity index (χ3n) is 4.09. The Balaban J connectivity index is 1.70. The van der Waals surface area contributed by atoms with E-state index in [9.17, 15) is 18.0 Å². The van der Waals surface area contributed by atoms with Crippen molar-refractivity contribution in [2.45, 2.75) is 12.7 Å². The Morgan fingerprint density at radius 1 is 1.00 bits per heavy atom. The van der Waals surface area contributed by atoms with Gasteiger partial charge in [-0.05, 0) is 42.0 Å². The van der Waals surface area contributed by atoms with Crippen LogP contribution >= 0.6 is 0 Å². The van der Waals surface area contributed by atoms with Crippen molar-refractivity contribution in [3.8, 4) is 0 Å². The maximum atomic E-state index is 12.6. The van der Waals surface area contributed by atoms with E-state index in [2.05, 4.69) is 10.3 Å². The van der Waals surface area contributed by atoms with Crippen molar-refractivity contribution in [1.29, 1.82) is 0 Å². The van der Waals surface area contributed by atoms with Crippen molar-refractivity contribution in [3.05, 3.63) is 89.7 Å². The molecule has 1 N–H and O–H groups in total. The van der Waals surface area contributed by atoms with Crippen LogP contribution in [-0.4, -0.2) is 22.8 Å². The number of benzene rings is 2. The van der Waals surface area contributed by atoms with E-state index in [0.29, 0.717) is 17.9 Å². The van der Waals surface area contributed by atoms with Gasteiger partial charge in [-0.2, -0.15) is 13.2 Å². The fourth-order valence-corrected chi connectivity index (χ4v) is 2.66. The van der Waals surface area contributed by atoms with Crippen molar-refractivity contribution in [1.82, 2.24) is 9.88 Å². The van der Waals surface area contributed by atoms with E-state index in [0.717, 1.165) is 17.7 Å². The van der Waals surface area contributed by atoms with E-state index in [-0.39, 0.29) is 11.6 Å². The molecule has 0 aliphatic carbocycles. The van der Waals surface area contributed by atoms with E-state index in [1.54, 1.807) is 24.1 Å². The Labute approximate surface area is 160 Å². The zero-order valence-corrected chi connectivity index (χ0v) is 15.1. The molecule has 1 amide bonds. The van der Waals surface area contributed by atoms with Gasteiger partial charge >= 0.3 is 6.18 Å². The zero-order chi connectivity index (χ0) is 20.1. The van der Waals surface area contributed by atoms with Gasteiger partial charge in [0.05, 0.1) is 5.56 Å². The summed E-state index contributed by atoms with van der Waals surface area (Å²) in [5.74, 6) is -0.250. The number of rotatable bonds is 5. The minimum Gasteiger partial charge on any atom is -0.355 e. The summed E-state index contributed by atoms with van der Waals surface area (Å²) in [6, 6.07) is 17.5. The van der Waals surface area contributed by atoms with Crippen LogP contribution in [0.4, 0.5) is 24.5 Å². The first-order chi connectivity index (χ1) is 13.3. The van der Waals surface area contributed by atoms with E-state index in [1.807, 2.05) is 30.3 Å². The van der Waals surface area contributed by atoms with E-state index in [1.165, 1.54) is 18.3 Å². The van der Waals surface area contributed by atoms with Crippen molar-refractivity contribution in [2.75, 3.05) is 12.4 Å². The largest absolute Gasteiger partial charge is 0.416 e. The smallest absolute Gasteiger partial charge is 0.355 e. The van der Waals surface area contributed by atoms with Crippen LogP contribution in [0.25, 0.3) is 0 Å². The summed E-state index contributed by atoms with van der Waals surface area (Å²) in [7, 11) is 1.69. The minimum atomic E-state index is -4.38. The van der Waals surface area contributed by atoms with E-state index in [4.69, 9.17) is 0 Å². The van der Waals surface area contributed by atoms with Gasteiger partial charge in [-0.15, -0.1) is 0 Å². The van der Waals surface area contributed by atoms with Crippen molar-refractivity contribution in [3.63, 3.8) is 0 Å². The van der Waals surface area contributed by atoms with Crippen LogP contribution in [0.2, 0.25) is 0 Å². The van der Waals surface area contributed by atoms with Gasteiger partial charge in [-0.25, -0.2) is 0 Å². The average molecular weight is 385 g/mol. The highest BCUT2D eigenvalue weighted by atomic mass is 19.4. The Kier molecular flexibility index (Phi) is 5.63. The van der Waals surface area contributed by atoms with E-state index < -0.39 is 11.7 Å². The summed E-state index contributed by atoms with van der Waals surface area (Å²) in [6.45, 7) is 0.442. The molecule has 0 aliphatic rings. The number of alkyl halides is 3. The summed E-state index contributed by atoms with van der Waals surface area (Å²) in [5.41, 5.74) is 1.57. The quantitative estimate of drug-likeness (QED) is 0.663. The number of nitrogens with zero attached hydrogens (tertiary/aromatic N) is 2. The molecular weight excluding hydrogens is 367 g/mol. The van der Waals surface area contributed by atoms with Crippen LogP contribution in [0.1, 0.15) is 21.6 Å². The maximum Gasteiger partial charge on any atom is 0.416 e. The molecule has 1 aromatic heterocycles. The highest BCUT2D eigenvalue weighted by molar-refractivity contribution is 5.93. The number of hydrogen-bond acceptors (Lipinski definition) is 3. The first kappa shape index (κ1) is 19.4. The predicted molar refractivity (Wildman–Crippen MR) is 101 cm³/mol. The molecule has 0 radical (unpaired) electrons. The second kappa shape index (κ2) is 8.12. The second-order valence-electron chi connectivity index (χ2n) is 6.28. The summed E-state index contributed by atoms with van der Waals surface area (Å²) >= 11 is 0. The highest BCUT2D eigenvalue weighted by Gasteiger charge is 2.29. The molecule has 0 saturated carbocycles. The molecule has 28 heavy (non-hydrogen) atoms. The molecule has 0 aliphatic heterocycles. The number of anilines is 2.